The molecule has 2 heterocycles. The summed E-state index contributed by atoms with van der Waals surface area (Å²) >= 11 is 4.66. The first-order valence-corrected chi connectivity index (χ1v) is 13.2. The van der Waals surface area contributed by atoms with Crippen molar-refractivity contribution >= 4 is 50.4 Å². The van der Waals surface area contributed by atoms with Crippen molar-refractivity contribution in [3.8, 4) is 6.07 Å². The van der Waals surface area contributed by atoms with Gasteiger partial charge in [-0.2, -0.15) is 5.26 Å². The van der Waals surface area contributed by atoms with Crippen LogP contribution >= 0.6 is 27.7 Å². The van der Waals surface area contributed by atoms with E-state index in [9.17, 15) is 9.90 Å². The maximum Gasteiger partial charge on any atom is 0.410 e. The van der Waals surface area contributed by atoms with Gasteiger partial charge in [-0.05, 0) is 74.4 Å². The Balaban J connectivity index is 2.06. The Labute approximate surface area is 212 Å². The van der Waals surface area contributed by atoms with Crippen LogP contribution in [0.1, 0.15) is 57.8 Å². The zero-order chi connectivity index (χ0) is 25.2. The van der Waals surface area contributed by atoms with Crippen molar-refractivity contribution in [3.05, 3.63) is 27.5 Å². The number of nitrogens with one attached hydrogen (secondary N) is 1. The number of nitrogens with zero attached hydrogens (tertiary/aromatic N) is 3. The molecule has 0 spiro atoms. The van der Waals surface area contributed by atoms with Gasteiger partial charge in [0.1, 0.15) is 16.1 Å². The number of rotatable bonds is 6. The third kappa shape index (κ3) is 5.75. The van der Waals surface area contributed by atoms with Crippen LogP contribution in [0.25, 0.3) is 10.9 Å². The zero-order valence-corrected chi connectivity index (χ0v) is 22.4. The highest BCUT2D eigenvalue weighted by atomic mass is 79.9. The summed E-state index contributed by atoms with van der Waals surface area (Å²) < 4.78 is 21.2. The minimum absolute atomic E-state index is 0.111. The summed E-state index contributed by atoms with van der Waals surface area (Å²) in [4.78, 5) is 18.7. The van der Waals surface area contributed by atoms with E-state index in [1.54, 1.807) is 11.8 Å². The lowest BCUT2D eigenvalue weighted by Crippen LogP contribution is -2.36. The molecule has 34 heavy (non-hydrogen) atoms. The molecule has 184 valence electrons. The van der Waals surface area contributed by atoms with Crippen LogP contribution in [0.5, 0.6) is 0 Å². The van der Waals surface area contributed by atoms with Crippen LogP contribution in [0, 0.1) is 17.1 Å². The van der Waals surface area contributed by atoms with Crippen LogP contribution in [0.3, 0.4) is 0 Å². The largest absolute Gasteiger partial charge is 0.444 e. The summed E-state index contributed by atoms with van der Waals surface area (Å²) in [6.07, 6.45) is 1.92. The number of ether oxygens (including phenoxy) is 1. The molecular weight excluding hydrogens is 523 g/mol. The molecule has 1 aliphatic heterocycles. The summed E-state index contributed by atoms with van der Waals surface area (Å²) in [5.41, 5.74) is 1.45. The average Bonchev–Trinajstić information content (AvgIpc) is 3.22. The van der Waals surface area contributed by atoms with Gasteiger partial charge < -0.3 is 20.1 Å². The number of nitriles is 1. The van der Waals surface area contributed by atoms with Gasteiger partial charge in [0.05, 0.1) is 22.3 Å². The van der Waals surface area contributed by atoms with Crippen molar-refractivity contribution in [3.63, 3.8) is 0 Å². The minimum Gasteiger partial charge on any atom is -0.444 e. The van der Waals surface area contributed by atoms with Crippen LogP contribution < -0.4 is 5.32 Å². The van der Waals surface area contributed by atoms with Crippen LogP contribution in [-0.2, 0) is 11.2 Å². The number of thioether (sulfide) groups is 1. The lowest BCUT2D eigenvalue weighted by atomic mass is 10.0. The monoisotopic (exact) mass is 552 g/mol. The van der Waals surface area contributed by atoms with E-state index in [1.165, 1.54) is 11.8 Å². The Morgan fingerprint density at radius 2 is 2.24 bits per heavy atom. The van der Waals surface area contributed by atoms with Crippen molar-refractivity contribution in [1.29, 1.82) is 5.26 Å². The average molecular weight is 553 g/mol. The zero-order valence-electron chi connectivity index (χ0n) is 20.0. The van der Waals surface area contributed by atoms with Crippen LogP contribution in [0.4, 0.5) is 14.9 Å². The second kappa shape index (κ2) is 10.7. The van der Waals surface area contributed by atoms with Gasteiger partial charge in [-0.3, -0.25) is 0 Å². The predicted molar refractivity (Wildman–Crippen MR) is 136 cm³/mol. The normalized spacial score (nSPS) is 17.0. The number of aliphatic hydroxyl groups is 1. The molecule has 0 saturated carbocycles. The van der Waals surface area contributed by atoms with E-state index >= 15 is 4.39 Å². The van der Waals surface area contributed by atoms with Crippen molar-refractivity contribution < 1.29 is 19.0 Å². The predicted octanol–water partition coefficient (Wildman–Crippen LogP) is 5.79. The smallest absolute Gasteiger partial charge is 0.410 e. The molecule has 2 N–H and O–H groups in total. The van der Waals surface area contributed by atoms with E-state index < -0.39 is 17.5 Å². The number of likely N-dealkylation sites (tertiary alicyclic amines) is 1. The van der Waals surface area contributed by atoms with Gasteiger partial charge >= 0.3 is 6.09 Å². The Morgan fingerprint density at radius 3 is 2.82 bits per heavy atom. The molecular formula is C24H30BrFN4O3S. The number of carbonyl (C=O) groups is 1. The number of pyridine rings is 1. The van der Waals surface area contributed by atoms with Gasteiger partial charge in [0, 0.05) is 36.5 Å². The number of aliphatic hydroxyl groups excluding tert-OH is 1. The number of hydrogen-bond acceptors (Lipinski definition) is 7. The summed E-state index contributed by atoms with van der Waals surface area (Å²) in [7, 11) is 0. The first-order valence-electron chi connectivity index (χ1n) is 11.1. The fourth-order valence-electron chi connectivity index (χ4n) is 4.03. The van der Waals surface area contributed by atoms with Crippen molar-refractivity contribution in [2.75, 3.05) is 24.7 Å². The fraction of sp³-hybridized carbons (Fsp3) is 0.542. The van der Waals surface area contributed by atoms with E-state index in [-0.39, 0.29) is 24.1 Å². The highest BCUT2D eigenvalue weighted by molar-refractivity contribution is 9.10. The lowest BCUT2D eigenvalue weighted by Gasteiger charge is -2.25. The second-order valence-corrected chi connectivity index (χ2v) is 10.9. The fourth-order valence-corrected chi connectivity index (χ4v) is 5.20. The molecule has 1 fully saturated rings. The summed E-state index contributed by atoms with van der Waals surface area (Å²) in [6, 6.07) is 3.81. The standard InChI is InChI=1S/C24H30BrFN4O3S/c1-13(31)17-20(28-15-8-10-30(12-15)23(32)33-24(2,3)4)16-11-14(7-6-9-27)18(25)19(26)21(16)29-22(17)34-5/h11,13,15,31H,6-8,10,12H2,1-5H3,(H,28,29). The molecule has 1 aliphatic rings. The lowest BCUT2D eigenvalue weighted by molar-refractivity contribution is 0.0293. The number of amides is 1. The molecule has 0 bridgehead atoms. The van der Waals surface area contributed by atoms with Gasteiger partial charge in [0.15, 0.2) is 5.82 Å². The molecule has 0 radical (unpaired) electrons. The molecule has 0 aliphatic carbocycles. The van der Waals surface area contributed by atoms with Gasteiger partial charge in [-0.15, -0.1) is 11.8 Å². The van der Waals surface area contributed by atoms with Gasteiger partial charge in [0.25, 0.3) is 0 Å². The maximum atomic E-state index is 15.4. The summed E-state index contributed by atoms with van der Waals surface area (Å²) in [6.45, 7) is 8.09. The van der Waals surface area contributed by atoms with Crippen molar-refractivity contribution in [1.82, 2.24) is 9.88 Å². The molecule has 1 aromatic heterocycles. The number of aryl methyl sites for hydroxylation is 1. The van der Waals surface area contributed by atoms with Crippen LogP contribution in [-0.4, -0.2) is 52.1 Å². The maximum absolute atomic E-state index is 15.4. The Hall–Kier alpha value is -2.09. The highest BCUT2D eigenvalue weighted by Gasteiger charge is 2.31. The van der Waals surface area contributed by atoms with Gasteiger partial charge in [-0.25, -0.2) is 14.2 Å². The molecule has 1 saturated heterocycles. The van der Waals surface area contributed by atoms with Crippen LogP contribution in [0.2, 0.25) is 0 Å². The quantitative estimate of drug-likeness (QED) is 0.437. The number of fused-ring (bicyclic) bond motifs is 1. The molecule has 1 amide bonds. The molecule has 2 atom stereocenters. The topological polar surface area (TPSA) is 98.5 Å². The second-order valence-electron chi connectivity index (χ2n) is 9.36. The molecule has 1 aromatic carbocycles. The highest BCUT2D eigenvalue weighted by Crippen LogP contribution is 2.41. The van der Waals surface area contributed by atoms with Crippen molar-refractivity contribution in [2.24, 2.45) is 0 Å². The number of hydrogen-bond donors (Lipinski definition) is 2. The van der Waals surface area contributed by atoms with Crippen LogP contribution in [0.15, 0.2) is 15.6 Å². The van der Waals surface area contributed by atoms with Gasteiger partial charge in [-0.1, -0.05) is 0 Å². The van der Waals surface area contributed by atoms with E-state index in [4.69, 9.17) is 10.00 Å². The molecule has 2 unspecified atom stereocenters. The van der Waals surface area contributed by atoms with E-state index in [0.717, 1.165) is 0 Å². The molecule has 7 nitrogen and oxygen atoms in total. The molecule has 3 rings (SSSR count). The number of anilines is 1. The summed E-state index contributed by atoms with van der Waals surface area (Å²) in [5.74, 6) is -0.497. The van der Waals surface area contributed by atoms with E-state index in [0.29, 0.717) is 57.6 Å². The molecule has 10 heteroatoms. The SMILES string of the molecule is CSc1nc2c(F)c(Br)c(CCC#N)cc2c(NC2CCN(C(=O)OC(C)(C)C)C2)c1C(C)O. The van der Waals surface area contributed by atoms with E-state index in [1.807, 2.05) is 33.1 Å². The summed E-state index contributed by atoms with van der Waals surface area (Å²) in [5, 5.41) is 24.2. The number of halogens is 2. The number of benzene rings is 1. The Bertz CT molecular complexity index is 1130. The Morgan fingerprint density at radius 1 is 1.53 bits per heavy atom. The molecule has 2 aromatic rings. The number of aromatic nitrogens is 1. The Kier molecular flexibility index (Phi) is 8.32. The first kappa shape index (κ1) is 26.5. The third-order valence-corrected chi connectivity index (χ3v) is 7.10. The minimum atomic E-state index is -0.848. The van der Waals surface area contributed by atoms with E-state index in [2.05, 4.69) is 32.3 Å². The first-order chi connectivity index (χ1) is 16.0. The van der Waals surface area contributed by atoms with Crippen molar-refractivity contribution in [2.45, 2.75) is 69.7 Å². The van der Waals surface area contributed by atoms with Gasteiger partial charge in [0.2, 0.25) is 0 Å². The third-order valence-electron chi connectivity index (χ3n) is 5.54. The number of carbonyl (C=O) groups excluding carboxylic acids is 1.